The van der Waals surface area contributed by atoms with Gasteiger partial charge < -0.3 is 14.8 Å². The molecule has 2 N–H and O–H groups in total. The van der Waals surface area contributed by atoms with E-state index in [0.717, 1.165) is 0 Å². The van der Waals surface area contributed by atoms with Crippen LogP contribution in [0.1, 0.15) is 13.3 Å². The first kappa shape index (κ1) is 12.2. The number of carbonyl (C=O) groups excluding carboxylic acids is 2. The van der Waals surface area contributed by atoms with Crippen molar-refractivity contribution in [2.24, 2.45) is 0 Å². The summed E-state index contributed by atoms with van der Waals surface area (Å²) in [7, 11) is 0. The second kappa shape index (κ2) is 5.39. The Morgan fingerprint density at radius 2 is 2.39 bits per heavy atom. The van der Waals surface area contributed by atoms with E-state index in [1.165, 1.54) is 0 Å². The third kappa shape index (κ3) is 2.91. The zero-order valence-electron chi connectivity index (χ0n) is 9.99. The molecule has 0 spiro atoms. The van der Waals surface area contributed by atoms with Crippen LogP contribution in [-0.4, -0.2) is 25.2 Å². The van der Waals surface area contributed by atoms with E-state index in [0.29, 0.717) is 36.8 Å². The van der Waals surface area contributed by atoms with Crippen LogP contribution in [0, 0.1) is 0 Å². The number of fused-ring (bicyclic) bond motifs is 1. The second-order valence-corrected chi connectivity index (χ2v) is 3.70. The quantitative estimate of drug-likeness (QED) is 0.841. The number of anilines is 2. The fraction of sp³-hybridized carbons (Fsp3) is 0.333. The minimum atomic E-state index is -0.529. The van der Waals surface area contributed by atoms with Gasteiger partial charge in [0.15, 0.2) is 0 Å². The Bertz CT molecular complexity index is 473. The molecule has 0 bridgehead atoms. The maximum Gasteiger partial charge on any atom is 0.411 e. The van der Waals surface area contributed by atoms with Gasteiger partial charge in [0.25, 0.3) is 0 Å². The van der Waals surface area contributed by atoms with Gasteiger partial charge in [-0.15, -0.1) is 0 Å². The van der Waals surface area contributed by atoms with Crippen LogP contribution in [0.5, 0.6) is 5.75 Å². The van der Waals surface area contributed by atoms with E-state index in [9.17, 15) is 9.59 Å². The molecule has 0 unspecified atom stereocenters. The van der Waals surface area contributed by atoms with Gasteiger partial charge in [-0.2, -0.15) is 0 Å². The Labute approximate surface area is 104 Å². The number of nitrogens with one attached hydrogen (secondary N) is 2. The van der Waals surface area contributed by atoms with Crippen LogP contribution in [-0.2, 0) is 9.53 Å². The molecule has 0 aliphatic carbocycles. The Morgan fingerprint density at radius 1 is 1.56 bits per heavy atom. The lowest BCUT2D eigenvalue weighted by atomic mass is 10.2. The highest BCUT2D eigenvalue weighted by atomic mass is 16.5. The molecule has 1 aromatic carbocycles. The van der Waals surface area contributed by atoms with E-state index < -0.39 is 6.09 Å². The Balaban J connectivity index is 2.15. The van der Waals surface area contributed by atoms with E-state index in [1.807, 2.05) is 0 Å². The number of hydrogen-bond acceptors (Lipinski definition) is 4. The van der Waals surface area contributed by atoms with Crippen molar-refractivity contribution < 1.29 is 19.1 Å². The highest BCUT2D eigenvalue weighted by molar-refractivity contribution is 5.94. The summed E-state index contributed by atoms with van der Waals surface area (Å²) in [4.78, 5) is 22.6. The van der Waals surface area contributed by atoms with Crippen LogP contribution >= 0.6 is 0 Å². The molecule has 1 heterocycles. The van der Waals surface area contributed by atoms with Crippen molar-refractivity contribution >= 4 is 23.4 Å². The summed E-state index contributed by atoms with van der Waals surface area (Å²) in [5, 5.41) is 5.27. The van der Waals surface area contributed by atoms with Crippen LogP contribution in [0.3, 0.4) is 0 Å². The van der Waals surface area contributed by atoms with Gasteiger partial charge in [0.2, 0.25) is 5.91 Å². The molecule has 2 rings (SSSR count). The Hall–Kier alpha value is -2.24. The number of amides is 2. The van der Waals surface area contributed by atoms with E-state index in [-0.39, 0.29) is 5.91 Å². The fourth-order valence-corrected chi connectivity index (χ4v) is 1.58. The number of carbonyl (C=O) groups is 2. The fourth-order valence-electron chi connectivity index (χ4n) is 1.58. The van der Waals surface area contributed by atoms with Crippen LogP contribution < -0.4 is 15.4 Å². The molecule has 0 fully saturated rings. The molecular weight excluding hydrogens is 236 g/mol. The summed E-state index contributed by atoms with van der Waals surface area (Å²) >= 11 is 0. The highest BCUT2D eigenvalue weighted by Gasteiger charge is 2.14. The normalized spacial score (nSPS) is 13.7. The summed E-state index contributed by atoms with van der Waals surface area (Å²) in [6.07, 6.45) is -0.215. The van der Waals surface area contributed by atoms with E-state index in [2.05, 4.69) is 10.6 Å². The van der Waals surface area contributed by atoms with Crippen LogP contribution in [0.25, 0.3) is 0 Å². The molecule has 0 saturated heterocycles. The van der Waals surface area contributed by atoms with Gasteiger partial charge in [-0.1, -0.05) is 0 Å². The Morgan fingerprint density at radius 3 is 3.17 bits per heavy atom. The third-order valence-electron chi connectivity index (χ3n) is 2.36. The summed E-state index contributed by atoms with van der Waals surface area (Å²) in [5.74, 6) is 0.484. The van der Waals surface area contributed by atoms with Gasteiger partial charge in [-0.05, 0) is 25.1 Å². The molecule has 1 aliphatic rings. The van der Waals surface area contributed by atoms with Gasteiger partial charge in [0.1, 0.15) is 5.75 Å². The number of ether oxygens (including phenoxy) is 2. The molecule has 6 heteroatoms. The molecule has 1 aliphatic heterocycles. The second-order valence-electron chi connectivity index (χ2n) is 3.70. The predicted molar refractivity (Wildman–Crippen MR) is 65.8 cm³/mol. The maximum atomic E-state index is 11.4. The lowest BCUT2D eigenvalue weighted by Crippen LogP contribution is -2.14. The minimum Gasteiger partial charge on any atom is -0.491 e. The molecule has 0 saturated carbocycles. The van der Waals surface area contributed by atoms with Crippen LogP contribution in [0.15, 0.2) is 18.2 Å². The first-order chi connectivity index (χ1) is 8.69. The molecule has 0 atom stereocenters. The Kier molecular flexibility index (Phi) is 3.66. The summed E-state index contributed by atoms with van der Waals surface area (Å²) in [6.45, 7) is 2.38. The molecule has 2 amide bonds. The van der Waals surface area contributed by atoms with Gasteiger partial charge in [-0.25, -0.2) is 4.79 Å². The van der Waals surface area contributed by atoms with Gasteiger partial charge in [-0.3, -0.25) is 10.1 Å². The van der Waals surface area contributed by atoms with Crippen LogP contribution in [0.2, 0.25) is 0 Å². The highest BCUT2D eigenvalue weighted by Crippen LogP contribution is 2.30. The lowest BCUT2D eigenvalue weighted by molar-refractivity contribution is -0.116. The molecule has 18 heavy (non-hydrogen) atoms. The molecule has 1 aromatic rings. The third-order valence-corrected chi connectivity index (χ3v) is 2.36. The van der Waals surface area contributed by atoms with Crippen LogP contribution in [0.4, 0.5) is 16.2 Å². The average Bonchev–Trinajstić information content (AvgIpc) is 2.49. The SMILES string of the molecule is CCOC(=O)Nc1ccc2c(c1)NC(=O)CCO2. The zero-order chi connectivity index (χ0) is 13.0. The zero-order valence-corrected chi connectivity index (χ0v) is 9.99. The van der Waals surface area contributed by atoms with Crippen molar-refractivity contribution in [3.63, 3.8) is 0 Å². The van der Waals surface area contributed by atoms with Crippen molar-refractivity contribution in [2.75, 3.05) is 23.8 Å². The standard InChI is InChI=1S/C12H14N2O4/c1-2-17-12(16)13-8-3-4-10-9(7-8)14-11(15)5-6-18-10/h3-4,7H,2,5-6H2,1H3,(H,13,16)(H,14,15). The molecule has 96 valence electrons. The summed E-state index contributed by atoms with van der Waals surface area (Å²) in [6, 6.07) is 5.02. The number of rotatable bonds is 2. The van der Waals surface area contributed by atoms with E-state index in [4.69, 9.17) is 9.47 Å². The predicted octanol–water partition coefficient (Wildman–Crippen LogP) is 1.98. The summed E-state index contributed by atoms with van der Waals surface area (Å²) in [5.41, 5.74) is 1.09. The molecule has 0 radical (unpaired) electrons. The van der Waals surface area contributed by atoms with Gasteiger partial charge in [0, 0.05) is 5.69 Å². The topological polar surface area (TPSA) is 76.7 Å². The lowest BCUT2D eigenvalue weighted by Gasteiger charge is -2.10. The smallest absolute Gasteiger partial charge is 0.411 e. The van der Waals surface area contributed by atoms with E-state index >= 15 is 0 Å². The van der Waals surface area contributed by atoms with Gasteiger partial charge in [0.05, 0.1) is 25.3 Å². The largest absolute Gasteiger partial charge is 0.491 e. The minimum absolute atomic E-state index is 0.109. The van der Waals surface area contributed by atoms with Crippen molar-refractivity contribution in [2.45, 2.75) is 13.3 Å². The van der Waals surface area contributed by atoms with Gasteiger partial charge >= 0.3 is 6.09 Å². The number of benzene rings is 1. The first-order valence-corrected chi connectivity index (χ1v) is 5.69. The average molecular weight is 250 g/mol. The van der Waals surface area contributed by atoms with E-state index in [1.54, 1.807) is 25.1 Å². The monoisotopic (exact) mass is 250 g/mol. The van der Waals surface area contributed by atoms with Crippen molar-refractivity contribution in [1.82, 2.24) is 0 Å². The van der Waals surface area contributed by atoms with Crippen molar-refractivity contribution in [3.05, 3.63) is 18.2 Å². The first-order valence-electron chi connectivity index (χ1n) is 5.69. The number of hydrogen-bond donors (Lipinski definition) is 2. The molecule has 6 nitrogen and oxygen atoms in total. The molecular formula is C12H14N2O4. The van der Waals surface area contributed by atoms with Crippen molar-refractivity contribution in [3.8, 4) is 5.75 Å². The maximum absolute atomic E-state index is 11.4. The molecule has 0 aromatic heterocycles. The summed E-state index contributed by atoms with van der Waals surface area (Å²) < 4.78 is 10.2. The van der Waals surface area contributed by atoms with Crippen molar-refractivity contribution in [1.29, 1.82) is 0 Å².